The second-order valence-electron chi connectivity index (χ2n) is 5.58. The van der Waals surface area contributed by atoms with E-state index in [2.05, 4.69) is 17.2 Å². The van der Waals surface area contributed by atoms with E-state index in [0.29, 0.717) is 18.5 Å². The topological polar surface area (TPSA) is 59.6 Å². The SMILES string of the molecule is CC1(CN=C(N)NC2CCCCC2)CCCO1. The minimum absolute atomic E-state index is 0.0845. The third-order valence-electron chi connectivity index (χ3n) is 3.84. The number of guanidine groups is 1. The second kappa shape index (κ2) is 5.71. The van der Waals surface area contributed by atoms with Crippen LogP contribution in [0.5, 0.6) is 0 Å². The van der Waals surface area contributed by atoms with Crippen molar-refractivity contribution in [2.75, 3.05) is 13.2 Å². The fourth-order valence-electron chi connectivity index (χ4n) is 2.72. The van der Waals surface area contributed by atoms with E-state index >= 15 is 0 Å². The lowest BCUT2D eigenvalue weighted by atomic mass is 9.96. The quantitative estimate of drug-likeness (QED) is 0.583. The number of nitrogens with two attached hydrogens (primary N) is 1. The number of ether oxygens (including phenoxy) is 1. The first-order valence-electron chi connectivity index (χ1n) is 6.88. The van der Waals surface area contributed by atoms with Gasteiger partial charge in [0, 0.05) is 12.6 Å². The smallest absolute Gasteiger partial charge is 0.188 e. The lowest BCUT2D eigenvalue weighted by molar-refractivity contribution is 0.0284. The van der Waals surface area contributed by atoms with Crippen LogP contribution in [0.2, 0.25) is 0 Å². The Morgan fingerprint density at radius 2 is 2.12 bits per heavy atom. The van der Waals surface area contributed by atoms with E-state index in [1.54, 1.807) is 0 Å². The zero-order valence-corrected chi connectivity index (χ0v) is 10.9. The largest absolute Gasteiger partial charge is 0.373 e. The molecule has 1 saturated heterocycles. The van der Waals surface area contributed by atoms with Crippen LogP contribution in [0, 0.1) is 0 Å². The predicted octanol–water partition coefficient (Wildman–Crippen LogP) is 1.79. The molecule has 0 aromatic carbocycles. The average molecular weight is 239 g/mol. The van der Waals surface area contributed by atoms with Gasteiger partial charge >= 0.3 is 0 Å². The van der Waals surface area contributed by atoms with Crippen LogP contribution in [0.1, 0.15) is 51.9 Å². The molecular formula is C13H25N3O. The van der Waals surface area contributed by atoms with Gasteiger partial charge in [-0.25, -0.2) is 0 Å². The highest BCUT2D eigenvalue weighted by Crippen LogP contribution is 2.25. The normalized spacial score (nSPS) is 31.7. The fraction of sp³-hybridized carbons (Fsp3) is 0.923. The summed E-state index contributed by atoms with van der Waals surface area (Å²) in [5.74, 6) is 0.591. The van der Waals surface area contributed by atoms with Crippen molar-refractivity contribution < 1.29 is 4.74 Å². The summed E-state index contributed by atoms with van der Waals surface area (Å²) < 4.78 is 5.69. The minimum Gasteiger partial charge on any atom is -0.373 e. The number of nitrogens with one attached hydrogen (secondary N) is 1. The van der Waals surface area contributed by atoms with Crippen molar-refractivity contribution in [2.45, 2.75) is 63.5 Å². The summed E-state index contributed by atoms with van der Waals surface area (Å²) in [6, 6.07) is 0.532. The van der Waals surface area contributed by atoms with Gasteiger partial charge in [0.05, 0.1) is 12.1 Å². The first-order chi connectivity index (χ1) is 8.18. The Morgan fingerprint density at radius 3 is 2.76 bits per heavy atom. The van der Waals surface area contributed by atoms with Gasteiger partial charge in [-0.3, -0.25) is 4.99 Å². The molecule has 2 fully saturated rings. The standard InChI is InChI=1S/C13H25N3O/c1-13(8-5-9-17-13)10-15-12(14)16-11-6-3-2-4-7-11/h11H,2-10H2,1H3,(H3,14,15,16). The average Bonchev–Trinajstić information content (AvgIpc) is 2.76. The van der Waals surface area contributed by atoms with Gasteiger partial charge in [0.15, 0.2) is 5.96 Å². The first kappa shape index (κ1) is 12.7. The van der Waals surface area contributed by atoms with E-state index in [0.717, 1.165) is 19.4 Å². The second-order valence-corrected chi connectivity index (χ2v) is 5.58. The molecule has 1 saturated carbocycles. The molecule has 0 spiro atoms. The van der Waals surface area contributed by atoms with Crippen molar-refractivity contribution in [1.29, 1.82) is 0 Å². The van der Waals surface area contributed by atoms with E-state index in [1.807, 2.05) is 0 Å². The molecule has 1 aliphatic carbocycles. The molecule has 98 valence electrons. The monoisotopic (exact) mass is 239 g/mol. The number of hydrogen-bond acceptors (Lipinski definition) is 2. The van der Waals surface area contributed by atoms with Crippen LogP contribution in [0.3, 0.4) is 0 Å². The van der Waals surface area contributed by atoms with Crippen molar-refractivity contribution in [3.8, 4) is 0 Å². The lowest BCUT2D eigenvalue weighted by Gasteiger charge is -2.24. The van der Waals surface area contributed by atoms with Crippen LogP contribution in [-0.2, 0) is 4.74 Å². The summed E-state index contributed by atoms with van der Waals surface area (Å²) in [6.07, 6.45) is 8.67. The summed E-state index contributed by atoms with van der Waals surface area (Å²) in [6.45, 7) is 3.66. The maximum atomic E-state index is 5.92. The van der Waals surface area contributed by atoms with Gasteiger partial charge in [0.1, 0.15) is 0 Å². The van der Waals surface area contributed by atoms with Gasteiger partial charge in [-0.2, -0.15) is 0 Å². The number of nitrogens with zero attached hydrogens (tertiary/aromatic N) is 1. The summed E-state index contributed by atoms with van der Waals surface area (Å²) >= 11 is 0. The first-order valence-corrected chi connectivity index (χ1v) is 6.88. The van der Waals surface area contributed by atoms with Gasteiger partial charge < -0.3 is 15.8 Å². The molecule has 0 amide bonds. The molecule has 0 aromatic rings. The molecule has 4 heteroatoms. The van der Waals surface area contributed by atoms with Gasteiger partial charge in [0.25, 0.3) is 0 Å². The maximum absolute atomic E-state index is 5.92. The third-order valence-corrected chi connectivity index (χ3v) is 3.84. The van der Waals surface area contributed by atoms with Crippen LogP contribution >= 0.6 is 0 Å². The Kier molecular flexibility index (Phi) is 4.26. The van der Waals surface area contributed by atoms with Crippen molar-refractivity contribution in [3.63, 3.8) is 0 Å². The Balaban J connectivity index is 1.76. The zero-order chi connectivity index (χ0) is 12.1. The van der Waals surface area contributed by atoms with E-state index in [-0.39, 0.29) is 5.60 Å². The van der Waals surface area contributed by atoms with Crippen LogP contribution < -0.4 is 11.1 Å². The molecular weight excluding hydrogens is 214 g/mol. The minimum atomic E-state index is -0.0845. The highest BCUT2D eigenvalue weighted by molar-refractivity contribution is 5.78. The maximum Gasteiger partial charge on any atom is 0.188 e. The Labute approximate surface area is 104 Å². The predicted molar refractivity (Wildman–Crippen MR) is 70.1 cm³/mol. The number of hydrogen-bond donors (Lipinski definition) is 2. The Morgan fingerprint density at radius 1 is 1.35 bits per heavy atom. The molecule has 1 atom stereocenters. The van der Waals surface area contributed by atoms with Crippen molar-refractivity contribution >= 4 is 5.96 Å². The molecule has 0 radical (unpaired) electrons. The van der Waals surface area contributed by atoms with E-state index in [9.17, 15) is 0 Å². The molecule has 1 unspecified atom stereocenters. The molecule has 2 aliphatic rings. The molecule has 0 aromatic heterocycles. The van der Waals surface area contributed by atoms with Gasteiger partial charge in [-0.15, -0.1) is 0 Å². The Bertz CT molecular complexity index is 266. The Hall–Kier alpha value is -0.770. The molecule has 1 aliphatic heterocycles. The molecule has 1 heterocycles. The van der Waals surface area contributed by atoms with Crippen LogP contribution in [0.15, 0.2) is 4.99 Å². The van der Waals surface area contributed by atoms with Gasteiger partial charge in [-0.05, 0) is 32.6 Å². The van der Waals surface area contributed by atoms with E-state index in [4.69, 9.17) is 10.5 Å². The zero-order valence-electron chi connectivity index (χ0n) is 10.9. The summed E-state index contributed by atoms with van der Waals surface area (Å²) in [7, 11) is 0. The summed E-state index contributed by atoms with van der Waals surface area (Å²) in [5, 5.41) is 3.33. The molecule has 2 rings (SSSR count). The van der Waals surface area contributed by atoms with Crippen LogP contribution in [0.4, 0.5) is 0 Å². The third kappa shape index (κ3) is 3.87. The summed E-state index contributed by atoms with van der Waals surface area (Å²) in [4.78, 5) is 4.43. The number of rotatable bonds is 3. The molecule has 4 nitrogen and oxygen atoms in total. The van der Waals surface area contributed by atoms with E-state index < -0.39 is 0 Å². The highest BCUT2D eigenvalue weighted by Gasteiger charge is 2.29. The molecule has 3 N–H and O–H groups in total. The summed E-state index contributed by atoms with van der Waals surface area (Å²) in [5.41, 5.74) is 5.84. The van der Waals surface area contributed by atoms with E-state index in [1.165, 1.54) is 32.1 Å². The molecule has 0 bridgehead atoms. The molecule has 17 heavy (non-hydrogen) atoms. The number of aliphatic imine (C=N–C) groups is 1. The van der Waals surface area contributed by atoms with Crippen LogP contribution in [0.25, 0.3) is 0 Å². The van der Waals surface area contributed by atoms with Crippen LogP contribution in [-0.4, -0.2) is 30.8 Å². The fourth-order valence-corrected chi connectivity index (χ4v) is 2.72. The van der Waals surface area contributed by atoms with Crippen molar-refractivity contribution in [2.24, 2.45) is 10.7 Å². The lowest BCUT2D eigenvalue weighted by Crippen LogP contribution is -2.42. The highest BCUT2D eigenvalue weighted by atomic mass is 16.5. The van der Waals surface area contributed by atoms with Gasteiger partial charge in [-0.1, -0.05) is 19.3 Å². The van der Waals surface area contributed by atoms with Crippen molar-refractivity contribution in [3.05, 3.63) is 0 Å². The van der Waals surface area contributed by atoms with Crippen molar-refractivity contribution in [1.82, 2.24) is 5.32 Å². The van der Waals surface area contributed by atoms with Gasteiger partial charge in [0.2, 0.25) is 0 Å².